The molecular formula is C11H15NO2. The van der Waals surface area contributed by atoms with Crippen molar-refractivity contribution in [3.05, 3.63) is 35.4 Å². The third-order valence-electron chi connectivity index (χ3n) is 1.90. The molecule has 2 N–H and O–H groups in total. The van der Waals surface area contributed by atoms with Gasteiger partial charge in [0.05, 0.1) is 0 Å². The number of rotatable bonds is 4. The van der Waals surface area contributed by atoms with E-state index in [1.807, 2.05) is 25.1 Å². The fraction of sp³-hybridized carbons (Fsp3) is 0.364. The number of aryl methyl sites for hydroxylation is 1. The minimum absolute atomic E-state index is 0.0813. The van der Waals surface area contributed by atoms with Crippen LogP contribution in [-0.2, 0) is 0 Å². The first-order valence-corrected chi connectivity index (χ1v) is 4.70. The standard InChI is InChI=1S/C11H15NO2/c1-9-4-2-5-10(8-9)11(14)12-6-3-7-13/h2,4-5,8,13H,3,6-7H2,1H3,(H,12,14). The van der Waals surface area contributed by atoms with Gasteiger partial charge in [-0.2, -0.15) is 0 Å². The van der Waals surface area contributed by atoms with Gasteiger partial charge in [0.1, 0.15) is 0 Å². The maximum Gasteiger partial charge on any atom is 0.251 e. The second-order valence-corrected chi connectivity index (χ2v) is 3.20. The van der Waals surface area contributed by atoms with E-state index in [2.05, 4.69) is 5.32 Å². The Balaban J connectivity index is 2.52. The molecule has 3 nitrogen and oxygen atoms in total. The van der Waals surface area contributed by atoms with Crippen LogP contribution in [0.1, 0.15) is 22.3 Å². The van der Waals surface area contributed by atoms with Gasteiger partial charge in [-0.1, -0.05) is 17.7 Å². The lowest BCUT2D eigenvalue weighted by atomic mass is 10.1. The molecular weight excluding hydrogens is 178 g/mol. The van der Waals surface area contributed by atoms with E-state index in [1.165, 1.54) is 0 Å². The Hall–Kier alpha value is -1.35. The van der Waals surface area contributed by atoms with Crippen LogP contribution in [0.4, 0.5) is 0 Å². The van der Waals surface area contributed by atoms with Gasteiger partial charge in [-0.05, 0) is 25.5 Å². The third-order valence-corrected chi connectivity index (χ3v) is 1.90. The molecule has 0 bridgehead atoms. The topological polar surface area (TPSA) is 49.3 Å². The molecule has 0 saturated carbocycles. The molecule has 1 amide bonds. The summed E-state index contributed by atoms with van der Waals surface area (Å²) in [4.78, 5) is 11.5. The predicted molar refractivity (Wildman–Crippen MR) is 55.2 cm³/mol. The summed E-state index contributed by atoms with van der Waals surface area (Å²) in [6.07, 6.45) is 0.595. The molecule has 0 aliphatic rings. The highest BCUT2D eigenvalue weighted by Gasteiger charge is 2.03. The van der Waals surface area contributed by atoms with Crippen molar-refractivity contribution in [3.8, 4) is 0 Å². The largest absolute Gasteiger partial charge is 0.396 e. The van der Waals surface area contributed by atoms with Crippen LogP contribution in [0.2, 0.25) is 0 Å². The lowest BCUT2D eigenvalue weighted by molar-refractivity contribution is 0.0951. The van der Waals surface area contributed by atoms with Gasteiger partial charge in [-0.3, -0.25) is 4.79 Å². The van der Waals surface area contributed by atoms with Gasteiger partial charge in [0, 0.05) is 18.7 Å². The fourth-order valence-corrected chi connectivity index (χ4v) is 1.17. The van der Waals surface area contributed by atoms with Crippen LogP contribution in [0.25, 0.3) is 0 Å². The molecule has 0 aliphatic heterocycles. The molecule has 0 heterocycles. The summed E-state index contributed by atoms with van der Waals surface area (Å²) in [5.74, 6) is -0.0813. The number of carbonyl (C=O) groups is 1. The van der Waals surface area contributed by atoms with Crippen molar-refractivity contribution in [2.45, 2.75) is 13.3 Å². The Morgan fingerprint density at radius 3 is 2.93 bits per heavy atom. The smallest absolute Gasteiger partial charge is 0.251 e. The first-order valence-electron chi connectivity index (χ1n) is 4.70. The number of nitrogens with one attached hydrogen (secondary N) is 1. The first-order chi connectivity index (χ1) is 6.74. The molecule has 14 heavy (non-hydrogen) atoms. The Labute approximate surface area is 83.8 Å². The molecule has 1 aromatic rings. The summed E-state index contributed by atoms with van der Waals surface area (Å²) < 4.78 is 0. The molecule has 0 aromatic heterocycles. The molecule has 0 saturated heterocycles. The second kappa shape index (κ2) is 5.40. The highest BCUT2D eigenvalue weighted by atomic mass is 16.3. The van der Waals surface area contributed by atoms with E-state index in [-0.39, 0.29) is 12.5 Å². The minimum Gasteiger partial charge on any atom is -0.396 e. The van der Waals surface area contributed by atoms with Crippen molar-refractivity contribution in [3.63, 3.8) is 0 Å². The summed E-state index contributed by atoms with van der Waals surface area (Å²) in [5.41, 5.74) is 1.74. The Kier molecular flexibility index (Phi) is 4.13. The zero-order chi connectivity index (χ0) is 10.4. The van der Waals surface area contributed by atoms with Crippen LogP contribution in [0.3, 0.4) is 0 Å². The third kappa shape index (κ3) is 3.18. The maximum atomic E-state index is 11.5. The van der Waals surface area contributed by atoms with Crippen LogP contribution in [0.5, 0.6) is 0 Å². The van der Waals surface area contributed by atoms with Crippen molar-refractivity contribution in [1.29, 1.82) is 0 Å². The van der Waals surface area contributed by atoms with Gasteiger partial charge in [0.2, 0.25) is 0 Å². The fourth-order valence-electron chi connectivity index (χ4n) is 1.17. The summed E-state index contributed by atoms with van der Waals surface area (Å²) in [5, 5.41) is 11.3. The molecule has 0 spiro atoms. The lowest BCUT2D eigenvalue weighted by Crippen LogP contribution is -2.24. The van der Waals surface area contributed by atoms with Crippen molar-refractivity contribution < 1.29 is 9.90 Å². The lowest BCUT2D eigenvalue weighted by Gasteiger charge is -2.04. The van der Waals surface area contributed by atoms with Crippen molar-refractivity contribution in [1.82, 2.24) is 5.32 Å². The highest BCUT2D eigenvalue weighted by Crippen LogP contribution is 2.03. The summed E-state index contributed by atoms with van der Waals surface area (Å²) in [7, 11) is 0. The van der Waals surface area contributed by atoms with Crippen LogP contribution in [0, 0.1) is 6.92 Å². The van der Waals surface area contributed by atoms with Crippen LogP contribution >= 0.6 is 0 Å². The van der Waals surface area contributed by atoms with E-state index in [0.717, 1.165) is 5.56 Å². The first kappa shape index (κ1) is 10.7. The molecule has 0 unspecified atom stereocenters. The summed E-state index contributed by atoms with van der Waals surface area (Å²) >= 11 is 0. The van der Waals surface area contributed by atoms with Crippen molar-refractivity contribution in [2.75, 3.05) is 13.2 Å². The highest BCUT2D eigenvalue weighted by molar-refractivity contribution is 5.94. The van der Waals surface area contributed by atoms with E-state index in [1.54, 1.807) is 6.07 Å². The van der Waals surface area contributed by atoms with Crippen molar-refractivity contribution >= 4 is 5.91 Å². The Bertz CT molecular complexity index is 310. The Morgan fingerprint density at radius 1 is 1.50 bits per heavy atom. The van der Waals surface area contributed by atoms with E-state index >= 15 is 0 Å². The average molecular weight is 193 g/mol. The number of aliphatic hydroxyl groups excluding tert-OH is 1. The summed E-state index contributed by atoms with van der Waals surface area (Å²) in [6, 6.07) is 7.43. The van der Waals surface area contributed by atoms with E-state index in [0.29, 0.717) is 18.5 Å². The normalized spacial score (nSPS) is 9.86. The monoisotopic (exact) mass is 193 g/mol. The van der Waals surface area contributed by atoms with Gasteiger partial charge in [-0.15, -0.1) is 0 Å². The van der Waals surface area contributed by atoms with Gasteiger partial charge in [0.15, 0.2) is 0 Å². The second-order valence-electron chi connectivity index (χ2n) is 3.20. The van der Waals surface area contributed by atoms with Gasteiger partial charge in [0.25, 0.3) is 5.91 Å². The average Bonchev–Trinajstić information content (AvgIpc) is 2.18. The molecule has 0 aliphatic carbocycles. The SMILES string of the molecule is Cc1cccc(C(=O)NCCCO)c1. The number of hydrogen-bond acceptors (Lipinski definition) is 2. The number of amides is 1. The number of hydrogen-bond donors (Lipinski definition) is 2. The van der Waals surface area contributed by atoms with Gasteiger partial charge >= 0.3 is 0 Å². The zero-order valence-corrected chi connectivity index (χ0v) is 8.29. The van der Waals surface area contributed by atoms with E-state index in [9.17, 15) is 4.79 Å². The van der Waals surface area contributed by atoms with E-state index in [4.69, 9.17) is 5.11 Å². The summed E-state index contributed by atoms with van der Waals surface area (Å²) in [6.45, 7) is 2.57. The molecule has 76 valence electrons. The van der Waals surface area contributed by atoms with Gasteiger partial charge < -0.3 is 10.4 Å². The van der Waals surface area contributed by atoms with Gasteiger partial charge in [-0.25, -0.2) is 0 Å². The molecule has 0 atom stereocenters. The molecule has 3 heteroatoms. The van der Waals surface area contributed by atoms with E-state index < -0.39 is 0 Å². The Morgan fingerprint density at radius 2 is 2.29 bits per heavy atom. The van der Waals surface area contributed by atoms with Crippen LogP contribution in [0.15, 0.2) is 24.3 Å². The zero-order valence-electron chi connectivity index (χ0n) is 8.29. The molecule has 1 rings (SSSR count). The maximum absolute atomic E-state index is 11.5. The number of carbonyl (C=O) groups excluding carboxylic acids is 1. The number of aliphatic hydroxyl groups is 1. The number of benzene rings is 1. The quantitative estimate of drug-likeness (QED) is 0.704. The molecule has 0 radical (unpaired) electrons. The molecule has 1 aromatic carbocycles. The molecule has 0 fully saturated rings. The van der Waals surface area contributed by atoms with Crippen molar-refractivity contribution in [2.24, 2.45) is 0 Å². The van der Waals surface area contributed by atoms with Crippen LogP contribution < -0.4 is 5.32 Å². The predicted octanol–water partition coefficient (Wildman–Crippen LogP) is 1.11. The minimum atomic E-state index is -0.0813. The van der Waals surface area contributed by atoms with Crippen LogP contribution in [-0.4, -0.2) is 24.2 Å².